The zero-order valence-electron chi connectivity index (χ0n) is 12.9. The smallest absolute Gasteiger partial charge is 0.260 e. The van der Waals surface area contributed by atoms with Gasteiger partial charge >= 0.3 is 0 Å². The Morgan fingerprint density at radius 1 is 1.25 bits per heavy atom. The number of nitrogens with zero attached hydrogens (tertiary/aromatic N) is 1. The number of hydrogen-bond acceptors (Lipinski definition) is 4. The van der Waals surface area contributed by atoms with Crippen molar-refractivity contribution < 1.29 is 4.74 Å². The maximum absolute atomic E-state index is 12.2. The van der Waals surface area contributed by atoms with Gasteiger partial charge in [0.15, 0.2) is 0 Å². The lowest BCUT2D eigenvalue weighted by Gasteiger charge is -2.19. The van der Waals surface area contributed by atoms with Crippen LogP contribution >= 0.6 is 11.6 Å². The summed E-state index contributed by atoms with van der Waals surface area (Å²) in [5, 5.41) is 4.57. The van der Waals surface area contributed by atoms with Crippen molar-refractivity contribution in [2.75, 3.05) is 11.9 Å². The third-order valence-electron chi connectivity index (χ3n) is 4.17. The Labute approximate surface area is 143 Å². The minimum absolute atomic E-state index is 0.00378. The molecule has 4 rings (SSSR count). The average Bonchev–Trinajstić information content (AvgIpc) is 2.77. The summed E-state index contributed by atoms with van der Waals surface area (Å²) in [4.78, 5) is 19.6. The topological polar surface area (TPSA) is 67.0 Å². The number of H-pyrrole nitrogens is 1. The fourth-order valence-corrected chi connectivity index (χ4v) is 3.18. The first kappa shape index (κ1) is 15.0. The molecule has 1 aliphatic heterocycles. The first-order valence-corrected chi connectivity index (χ1v) is 8.26. The first-order valence-electron chi connectivity index (χ1n) is 7.88. The van der Waals surface area contributed by atoms with Gasteiger partial charge in [-0.25, -0.2) is 4.98 Å². The van der Waals surface area contributed by atoms with E-state index in [0.717, 1.165) is 24.2 Å². The van der Waals surface area contributed by atoms with Gasteiger partial charge in [-0.2, -0.15) is 0 Å². The number of nitrogens with one attached hydrogen (secondary N) is 2. The number of rotatable bonds is 2. The van der Waals surface area contributed by atoms with Crippen molar-refractivity contribution in [2.45, 2.75) is 18.9 Å². The lowest BCUT2D eigenvalue weighted by atomic mass is 10.0. The van der Waals surface area contributed by atoms with Gasteiger partial charge < -0.3 is 10.1 Å². The quantitative estimate of drug-likeness (QED) is 0.741. The molecule has 0 bridgehead atoms. The van der Waals surface area contributed by atoms with Crippen molar-refractivity contribution in [1.29, 1.82) is 0 Å². The van der Waals surface area contributed by atoms with Gasteiger partial charge in [0.05, 0.1) is 23.6 Å². The highest BCUT2D eigenvalue weighted by Crippen LogP contribution is 2.35. The number of benzene rings is 2. The van der Waals surface area contributed by atoms with Crippen LogP contribution in [0.25, 0.3) is 10.9 Å². The second kappa shape index (κ2) is 6.17. The first-order chi connectivity index (χ1) is 11.7. The van der Waals surface area contributed by atoms with Crippen LogP contribution < -0.4 is 15.6 Å². The van der Waals surface area contributed by atoms with Gasteiger partial charge in [-0.15, -0.1) is 0 Å². The molecule has 6 heteroatoms. The van der Waals surface area contributed by atoms with Crippen molar-refractivity contribution in [3.63, 3.8) is 0 Å². The predicted octanol–water partition coefficient (Wildman–Crippen LogP) is 3.90. The van der Waals surface area contributed by atoms with Crippen molar-refractivity contribution in [2.24, 2.45) is 0 Å². The SMILES string of the molecule is O=c1[nH]c(NC2CCCOc3cc(Cl)ccc32)nc2ccccc12. The van der Waals surface area contributed by atoms with Crippen LogP contribution in [0.15, 0.2) is 47.3 Å². The molecule has 0 spiro atoms. The monoisotopic (exact) mass is 341 g/mol. The Kier molecular flexibility index (Phi) is 3.86. The van der Waals surface area contributed by atoms with E-state index in [-0.39, 0.29) is 11.6 Å². The second-order valence-corrected chi connectivity index (χ2v) is 6.24. The highest BCUT2D eigenvalue weighted by atomic mass is 35.5. The molecule has 1 aliphatic rings. The van der Waals surface area contributed by atoms with E-state index in [0.29, 0.717) is 28.5 Å². The summed E-state index contributed by atoms with van der Waals surface area (Å²) in [6.45, 7) is 0.646. The molecule has 1 atom stereocenters. The molecule has 2 aromatic carbocycles. The molecule has 0 aliphatic carbocycles. The Bertz CT molecular complexity index is 954. The number of anilines is 1. The fraction of sp³-hybridized carbons (Fsp3) is 0.222. The zero-order chi connectivity index (χ0) is 16.5. The van der Waals surface area contributed by atoms with E-state index < -0.39 is 0 Å². The summed E-state index contributed by atoms with van der Waals surface area (Å²) in [6, 6.07) is 12.9. The van der Waals surface area contributed by atoms with Gasteiger partial charge in [0.2, 0.25) is 5.95 Å². The lowest BCUT2D eigenvalue weighted by Crippen LogP contribution is -2.17. The Morgan fingerprint density at radius 2 is 2.12 bits per heavy atom. The molecule has 0 fully saturated rings. The van der Waals surface area contributed by atoms with Gasteiger partial charge in [-0.1, -0.05) is 29.8 Å². The Morgan fingerprint density at radius 3 is 3.04 bits per heavy atom. The highest BCUT2D eigenvalue weighted by Gasteiger charge is 2.21. The van der Waals surface area contributed by atoms with E-state index in [2.05, 4.69) is 15.3 Å². The molecule has 2 N–H and O–H groups in total. The van der Waals surface area contributed by atoms with Crippen molar-refractivity contribution in [3.05, 3.63) is 63.4 Å². The van der Waals surface area contributed by atoms with Gasteiger partial charge in [0.1, 0.15) is 5.75 Å². The highest BCUT2D eigenvalue weighted by molar-refractivity contribution is 6.30. The summed E-state index contributed by atoms with van der Waals surface area (Å²) in [7, 11) is 0. The molecule has 24 heavy (non-hydrogen) atoms. The minimum Gasteiger partial charge on any atom is -0.493 e. The molecule has 0 saturated carbocycles. The van der Waals surface area contributed by atoms with E-state index in [1.165, 1.54) is 0 Å². The third kappa shape index (κ3) is 2.83. The zero-order valence-corrected chi connectivity index (χ0v) is 13.6. The van der Waals surface area contributed by atoms with Crippen LogP contribution in [0.5, 0.6) is 5.75 Å². The molecule has 0 radical (unpaired) electrons. The molecule has 1 aromatic heterocycles. The molecule has 5 nitrogen and oxygen atoms in total. The van der Waals surface area contributed by atoms with E-state index in [9.17, 15) is 4.79 Å². The van der Waals surface area contributed by atoms with Gasteiger partial charge in [-0.05, 0) is 37.1 Å². The number of fused-ring (bicyclic) bond motifs is 2. The minimum atomic E-state index is -0.149. The van der Waals surface area contributed by atoms with E-state index in [4.69, 9.17) is 16.3 Å². The second-order valence-electron chi connectivity index (χ2n) is 5.80. The molecule has 3 aromatic rings. The van der Waals surface area contributed by atoms with E-state index >= 15 is 0 Å². The third-order valence-corrected chi connectivity index (χ3v) is 4.40. The van der Waals surface area contributed by atoms with E-state index in [1.54, 1.807) is 6.07 Å². The summed E-state index contributed by atoms with van der Waals surface area (Å²) in [5.74, 6) is 1.24. The van der Waals surface area contributed by atoms with Gasteiger partial charge in [0, 0.05) is 10.6 Å². The fourth-order valence-electron chi connectivity index (χ4n) is 3.02. The maximum atomic E-state index is 12.2. The number of halogens is 1. The molecule has 1 unspecified atom stereocenters. The molecule has 122 valence electrons. The van der Waals surface area contributed by atoms with Crippen LogP contribution in [0.4, 0.5) is 5.95 Å². The summed E-state index contributed by atoms with van der Waals surface area (Å²) in [6.07, 6.45) is 1.78. The summed E-state index contributed by atoms with van der Waals surface area (Å²) < 4.78 is 5.77. The van der Waals surface area contributed by atoms with Crippen LogP contribution in [0, 0.1) is 0 Å². The predicted molar refractivity (Wildman–Crippen MR) is 94.9 cm³/mol. The van der Waals surface area contributed by atoms with Crippen LogP contribution in [0.2, 0.25) is 5.02 Å². The molecule has 0 amide bonds. The van der Waals surface area contributed by atoms with Crippen LogP contribution in [-0.2, 0) is 0 Å². The van der Waals surface area contributed by atoms with Crippen molar-refractivity contribution in [3.8, 4) is 5.75 Å². The van der Waals surface area contributed by atoms with Gasteiger partial charge in [-0.3, -0.25) is 9.78 Å². The molecule has 0 saturated heterocycles. The maximum Gasteiger partial charge on any atom is 0.260 e. The van der Waals surface area contributed by atoms with Crippen molar-refractivity contribution >= 4 is 28.5 Å². The van der Waals surface area contributed by atoms with Crippen LogP contribution in [-0.4, -0.2) is 16.6 Å². The summed E-state index contributed by atoms with van der Waals surface area (Å²) in [5.41, 5.74) is 1.54. The van der Waals surface area contributed by atoms with Gasteiger partial charge in [0.25, 0.3) is 5.56 Å². The van der Waals surface area contributed by atoms with E-state index in [1.807, 2.05) is 36.4 Å². The Hall–Kier alpha value is -2.53. The molecular weight excluding hydrogens is 326 g/mol. The average molecular weight is 342 g/mol. The van der Waals surface area contributed by atoms with Crippen molar-refractivity contribution in [1.82, 2.24) is 9.97 Å². The largest absolute Gasteiger partial charge is 0.493 e. The summed E-state index contributed by atoms with van der Waals surface area (Å²) >= 11 is 6.06. The number of para-hydroxylation sites is 1. The number of hydrogen-bond donors (Lipinski definition) is 2. The lowest BCUT2D eigenvalue weighted by molar-refractivity contribution is 0.316. The number of aromatic nitrogens is 2. The molecular formula is C18H16ClN3O2. The standard InChI is InChI=1S/C18H16ClN3O2/c19-11-7-8-12-14(6-3-9-24-16(12)10-11)20-18-21-15-5-2-1-4-13(15)17(23)22-18/h1-2,4-5,7-8,10,14H,3,6,9H2,(H2,20,21,22,23). The number of ether oxygens (including phenoxy) is 1. The van der Waals surface area contributed by atoms with Crippen LogP contribution in [0.3, 0.4) is 0 Å². The Balaban J connectivity index is 1.72. The molecule has 2 heterocycles. The number of aromatic amines is 1. The normalized spacial score (nSPS) is 17.0. The van der Waals surface area contributed by atoms with Crippen LogP contribution in [0.1, 0.15) is 24.4 Å².